The summed E-state index contributed by atoms with van der Waals surface area (Å²) >= 11 is 1.29. The standard InChI is InChI=1S/C19H20N6O2S/c26-17(13-28-19-22-18(23-24-19)14-5-7-20-8-6-14)21-15-1-3-16(4-2-15)25-9-11-27-12-10-25/h1-8H,9-13H2,(H,21,26)(H,22,23,24). The van der Waals surface area contributed by atoms with Gasteiger partial charge < -0.3 is 15.0 Å². The first-order chi connectivity index (χ1) is 13.8. The summed E-state index contributed by atoms with van der Waals surface area (Å²) in [7, 11) is 0. The van der Waals surface area contributed by atoms with E-state index in [0.29, 0.717) is 11.0 Å². The van der Waals surface area contributed by atoms with Crippen molar-refractivity contribution in [1.29, 1.82) is 0 Å². The number of aromatic amines is 1. The molecular formula is C19H20N6O2S. The number of pyridine rings is 1. The summed E-state index contributed by atoms with van der Waals surface area (Å²) in [6.07, 6.45) is 3.39. The fourth-order valence-electron chi connectivity index (χ4n) is 2.85. The lowest BCUT2D eigenvalue weighted by Crippen LogP contribution is -2.36. The van der Waals surface area contributed by atoms with Gasteiger partial charge in [0.25, 0.3) is 0 Å². The van der Waals surface area contributed by atoms with Crippen molar-refractivity contribution in [1.82, 2.24) is 20.2 Å². The highest BCUT2D eigenvalue weighted by Crippen LogP contribution is 2.21. The largest absolute Gasteiger partial charge is 0.378 e. The van der Waals surface area contributed by atoms with Crippen LogP contribution >= 0.6 is 11.8 Å². The number of rotatable bonds is 6. The molecule has 1 aliphatic rings. The fraction of sp³-hybridized carbons (Fsp3) is 0.263. The van der Waals surface area contributed by atoms with Crippen LogP contribution in [0.1, 0.15) is 0 Å². The first kappa shape index (κ1) is 18.5. The Hall–Kier alpha value is -2.91. The van der Waals surface area contributed by atoms with E-state index >= 15 is 0 Å². The van der Waals surface area contributed by atoms with Gasteiger partial charge >= 0.3 is 0 Å². The summed E-state index contributed by atoms with van der Waals surface area (Å²) in [5.74, 6) is 0.794. The van der Waals surface area contributed by atoms with Gasteiger partial charge in [0.2, 0.25) is 11.1 Å². The second-order valence-corrected chi connectivity index (χ2v) is 7.13. The lowest BCUT2D eigenvalue weighted by molar-refractivity contribution is -0.113. The van der Waals surface area contributed by atoms with Crippen molar-refractivity contribution in [3.05, 3.63) is 48.8 Å². The smallest absolute Gasteiger partial charge is 0.234 e. The van der Waals surface area contributed by atoms with Crippen LogP contribution in [0.25, 0.3) is 11.4 Å². The van der Waals surface area contributed by atoms with Crippen LogP contribution in [-0.4, -0.2) is 58.1 Å². The van der Waals surface area contributed by atoms with E-state index < -0.39 is 0 Å². The summed E-state index contributed by atoms with van der Waals surface area (Å²) in [5, 5.41) is 10.5. The van der Waals surface area contributed by atoms with E-state index in [1.807, 2.05) is 36.4 Å². The predicted octanol–water partition coefficient (Wildman–Crippen LogP) is 2.43. The van der Waals surface area contributed by atoms with Crippen molar-refractivity contribution in [2.24, 2.45) is 0 Å². The maximum Gasteiger partial charge on any atom is 0.234 e. The molecule has 1 fully saturated rings. The topological polar surface area (TPSA) is 96.0 Å². The molecule has 8 nitrogen and oxygen atoms in total. The van der Waals surface area contributed by atoms with Gasteiger partial charge in [-0.05, 0) is 36.4 Å². The third-order valence-corrected chi connectivity index (χ3v) is 5.13. The van der Waals surface area contributed by atoms with Crippen LogP contribution in [0.3, 0.4) is 0 Å². The van der Waals surface area contributed by atoms with Crippen molar-refractivity contribution in [3.63, 3.8) is 0 Å². The Labute approximate surface area is 166 Å². The number of anilines is 2. The second kappa shape index (κ2) is 8.85. The van der Waals surface area contributed by atoms with E-state index in [2.05, 4.69) is 30.4 Å². The number of nitrogens with one attached hydrogen (secondary N) is 2. The van der Waals surface area contributed by atoms with Crippen LogP contribution in [0.4, 0.5) is 11.4 Å². The Morgan fingerprint density at radius 1 is 1.14 bits per heavy atom. The maximum atomic E-state index is 12.2. The molecular weight excluding hydrogens is 376 g/mol. The molecule has 0 atom stereocenters. The van der Waals surface area contributed by atoms with Gasteiger partial charge in [0.1, 0.15) is 0 Å². The molecule has 2 aromatic heterocycles. The zero-order valence-electron chi connectivity index (χ0n) is 15.2. The number of nitrogens with zero attached hydrogens (tertiary/aromatic N) is 4. The van der Waals surface area contributed by atoms with Crippen LogP contribution in [-0.2, 0) is 9.53 Å². The number of aromatic nitrogens is 4. The van der Waals surface area contributed by atoms with Crippen LogP contribution in [0.15, 0.2) is 53.9 Å². The van der Waals surface area contributed by atoms with E-state index in [0.717, 1.165) is 43.2 Å². The summed E-state index contributed by atoms with van der Waals surface area (Å²) in [6, 6.07) is 11.6. The number of H-pyrrole nitrogens is 1. The summed E-state index contributed by atoms with van der Waals surface area (Å²) < 4.78 is 5.37. The lowest BCUT2D eigenvalue weighted by atomic mass is 10.2. The van der Waals surface area contributed by atoms with Crippen LogP contribution in [0.5, 0.6) is 0 Å². The molecule has 4 rings (SSSR count). The Morgan fingerprint density at radius 2 is 1.89 bits per heavy atom. The quantitative estimate of drug-likeness (QED) is 0.618. The van der Waals surface area contributed by atoms with E-state index in [9.17, 15) is 4.79 Å². The van der Waals surface area contributed by atoms with Crippen LogP contribution in [0.2, 0.25) is 0 Å². The van der Waals surface area contributed by atoms with Crippen molar-refractivity contribution < 1.29 is 9.53 Å². The minimum atomic E-state index is -0.0978. The Balaban J connectivity index is 1.28. The second-order valence-electron chi connectivity index (χ2n) is 6.19. The third kappa shape index (κ3) is 4.68. The number of thioether (sulfide) groups is 1. The van der Waals surface area contributed by atoms with Gasteiger partial charge in [0.05, 0.1) is 19.0 Å². The normalized spacial score (nSPS) is 14.1. The van der Waals surface area contributed by atoms with Gasteiger partial charge in [-0.2, -0.15) is 0 Å². The molecule has 144 valence electrons. The van der Waals surface area contributed by atoms with Gasteiger partial charge in [-0.3, -0.25) is 14.9 Å². The molecule has 2 N–H and O–H groups in total. The number of carbonyl (C=O) groups excluding carboxylic acids is 1. The Bertz CT molecular complexity index is 910. The zero-order chi connectivity index (χ0) is 19.2. The third-order valence-electron chi connectivity index (χ3n) is 4.28. The summed E-state index contributed by atoms with van der Waals surface area (Å²) in [4.78, 5) is 22.9. The van der Waals surface area contributed by atoms with E-state index in [1.165, 1.54) is 11.8 Å². The van der Waals surface area contributed by atoms with Crippen molar-refractivity contribution >= 4 is 29.0 Å². The molecule has 1 saturated heterocycles. The van der Waals surface area contributed by atoms with Gasteiger partial charge in [0, 0.05) is 42.4 Å². The highest BCUT2D eigenvalue weighted by Gasteiger charge is 2.12. The molecule has 0 saturated carbocycles. The molecule has 3 aromatic rings. The minimum Gasteiger partial charge on any atom is -0.378 e. The average Bonchev–Trinajstić information content (AvgIpc) is 3.23. The Morgan fingerprint density at radius 3 is 2.64 bits per heavy atom. The molecule has 28 heavy (non-hydrogen) atoms. The van der Waals surface area contributed by atoms with Crippen molar-refractivity contribution in [2.75, 3.05) is 42.3 Å². The number of morpholine rings is 1. The van der Waals surface area contributed by atoms with Crippen LogP contribution in [0, 0.1) is 0 Å². The predicted molar refractivity (Wildman–Crippen MR) is 108 cm³/mol. The molecule has 0 unspecified atom stereocenters. The van der Waals surface area contributed by atoms with Crippen LogP contribution < -0.4 is 10.2 Å². The van der Waals surface area contributed by atoms with Gasteiger partial charge in [-0.15, -0.1) is 5.10 Å². The van der Waals surface area contributed by atoms with Gasteiger partial charge in [0.15, 0.2) is 5.82 Å². The molecule has 0 spiro atoms. The number of ether oxygens (including phenoxy) is 1. The minimum absolute atomic E-state index is 0.0978. The monoisotopic (exact) mass is 396 g/mol. The SMILES string of the molecule is O=C(CSc1n[nH]c(-c2ccncc2)n1)Nc1ccc(N2CCOCC2)cc1. The summed E-state index contributed by atoms with van der Waals surface area (Å²) in [5.41, 5.74) is 2.81. The maximum absolute atomic E-state index is 12.2. The first-order valence-electron chi connectivity index (χ1n) is 8.96. The Kier molecular flexibility index (Phi) is 5.83. The molecule has 0 radical (unpaired) electrons. The van der Waals surface area contributed by atoms with Gasteiger partial charge in [-0.25, -0.2) is 4.98 Å². The molecule has 1 aliphatic heterocycles. The van der Waals surface area contributed by atoms with E-state index in [4.69, 9.17) is 4.74 Å². The van der Waals surface area contributed by atoms with E-state index in [1.54, 1.807) is 12.4 Å². The molecule has 9 heteroatoms. The lowest BCUT2D eigenvalue weighted by Gasteiger charge is -2.28. The number of hydrogen-bond acceptors (Lipinski definition) is 7. The molecule has 3 heterocycles. The fourth-order valence-corrected chi connectivity index (χ4v) is 3.45. The number of carbonyl (C=O) groups is 1. The highest BCUT2D eigenvalue weighted by atomic mass is 32.2. The number of amides is 1. The zero-order valence-corrected chi connectivity index (χ0v) is 16.0. The molecule has 1 aromatic carbocycles. The number of hydrogen-bond donors (Lipinski definition) is 2. The number of benzene rings is 1. The summed E-state index contributed by atoms with van der Waals surface area (Å²) in [6.45, 7) is 3.28. The first-order valence-corrected chi connectivity index (χ1v) is 9.95. The highest BCUT2D eigenvalue weighted by molar-refractivity contribution is 7.99. The average molecular weight is 396 g/mol. The molecule has 0 bridgehead atoms. The van der Waals surface area contributed by atoms with Gasteiger partial charge in [-0.1, -0.05) is 11.8 Å². The van der Waals surface area contributed by atoms with Crippen molar-refractivity contribution in [2.45, 2.75) is 5.16 Å². The van der Waals surface area contributed by atoms with Crippen molar-refractivity contribution in [3.8, 4) is 11.4 Å². The molecule has 0 aliphatic carbocycles. The molecule has 1 amide bonds. The van der Waals surface area contributed by atoms with E-state index in [-0.39, 0.29) is 11.7 Å².